The Bertz CT molecular complexity index is 1200. The number of rotatable bonds is 7. The molecular formula is C25H20Cl2N2O3. The highest BCUT2D eigenvalue weighted by Gasteiger charge is 2.13. The van der Waals surface area contributed by atoms with Gasteiger partial charge in [0.1, 0.15) is 18.2 Å². The van der Waals surface area contributed by atoms with Crippen LogP contribution in [0.3, 0.4) is 0 Å². The lowest BCUT2D eigenvalue weighted by Gasteiger charge is -2.12. The number of carbonyl (C=O) groups is 1. The number of ether oxygens (including phenoxy) is 2. The molecule has 1 amide bonds. The lowest BCUT2D eigenvalue weighted by Crippen LogP contribution is -2.13. The van der Waals surface area contributed by atoms with Crippen LogP contribution in [0.1, 0.15) is 16.7 Å². The molecule has 32 heavy (non-hydrogen) atoms. The molecule has 0 atom stereocenters. The highest BCUT2D eigenvalue weighted by molar-refractivity contribution is 6.36. The minimum atomic E-state index is -0.602. The molecule has 0 aliphatic heterocycles. The first-order chi connectivity index (χ1) is 15.4. The van der Waals surface area contributed by atoms with E-state index >= 15 is 0 Å². The molecule has 0 heterocycles. The SMILES string of the molecule is COc1cc(/C=C(\C#N)C(=O)Nc2cc(Cl)ccc2Cl)ccc1OCc1ccc(C)cc1. The van der Waals surface area contributed by atoms with Crippen molar-refractivity contribution in [2.45, 2.75) is 13.5 Å². The topological polar surface area (TPSA) is 71.3 Å². The Morgan fingerprint density at radius 1 is 1.06 bits per heavy atom. The van der Waals surface area contributed by atoms with Crippen molar-refractivity contribution < 1.29 is 14.3 Å². The zero-order valence-corrected chi connectivity index (χ0v) is 19.0. The molecule has 3 aromatic carbocycles. The number of anilines is 1. The zero-order valence-electron chi connectivity index (χ0n) is 17.5. The number of nitrogens with zero attached hydrogens (tertiary/aromatic N) is 1. The Morgan fingerprint density at radius 2 is 1.81 bits per heavy atom. The molecule has 0 saturated heterocycles. The van der Waals surface area contributed by atoms with Crippen LogP contribution in [0, 0.1) is 18.3 Å². The lowest BCUT2D eigenvalue weighted by molar-refractivity contribution is -0.112. The highest BCUT2D eigenvalue weighted by atomic mass is 35.5. The summed E-state index contributed by atoms with van der Waals surface area (Å²) >= 11 is 12.0. The van der Waals surface area contributed by atoms with Crippen molar-refractivity contribution in [1.29, 1.82) is 5.26 Å². The first-order valence-electron chi connectivity index (χ1n) is 9.64. The van der Waals surface area contributed by atoms with Gasteiger partial charge in [-0.3, -0.25) is 4.79 Å². The molecule has 0 unspecified atom stereocenters. The van der Waals surface area contributed by atoms with Crippen molar-refractivity contribution in [2.75, 3.05) is 12.4 Å². The summed E-state index contributed by atoms with van der Waals surface area (Å²) in [5.74, 6) is 0.440. The monoisotopic (exact) mass is 466 g/mol. The third kappa shape index (κ3) is 6.04. The van der Waals surface area contributed by atoms with Gasteiger partial charge in [-0.15, -0.1) is 0 Å². The largest absolute Gasteiger partial charge is 0.493 e. The Hall–Kier alpha value is -3.46. The van der Waals surface area contributed by atoms with Crippen LogP contribution >= 0.6 is 23.2 Å². The third-order valence-electron chi connectivity index (χ3n) is 4.56. The van der Waals surface area contributed by atoms with Crippen LogP contribution in [0.15, 0.2) is 66.2 Å². The first kappa shape index (κ1) is 23.2. The van der Waals surface area contributed by atoms with Gasteiger partial charge in [-0.2, -0.15) is 5.26 Å². The van der Waals surface area contributed by atoms with Crippen molar-refractivity contribution in [3.05, 3.63) is 93.0 Å². The molecule has 0 aromatic heterocycles. The summed E-state index contributed by atoms with van der Waals surface area (Å²) in [6.45, 7) is 2.41. The quantitative estimate of drug-likeness (QED) is 0.321. The van der Waals surface area contributed by atoms with Gasteiger partial charge in [0.05, 0.1) is 17.8 Å². The molecule has 0 radical (unpaired) electrons. The van der Waals surface area contributed by atoms with Crippen molar-refractivity contribution in [1.82, 2.24) is 0 Å². The zero-order chi connectivity index (χ0) is 23.1. The van der Waals surface area contributed by atoms with Crippen LogP contribution in [-0.2, 0) is 11.4 Å². The molecule has 0 aliphatic carbocycles. The lowest BCUT2D eigenvalue weighted by atomic mass is 10.1. The number of methoxy groups -OCH3 is 1. The van der Waals surface area contributed by atoms with Crippen LogP contribution in [0.25, 0.3) is 6.08 Å². The maximum atomic E-state index is 12.6. The maximum Gasteiger partial charge on any atom is 0.266 e. The second kappa shape index (κ2) is 10.7. The number of amides is 1. The van der Waals surface area contributed by atoms with Crippen LogP contribution in [0.4, 0.5) is 5.69 Å². The number of carbonyl (C=O) groups excluding carboxylic acids is 1. The standard InChI is InChI=1S/C25H20Cl2N2O3/c1-16-3-5-17(6-4-16)15-32-23-10-7-18(12-24(23)31-2)11-19(14-28)25(30)29-22-13-20(26)8-9-21(22)27/h3-13H,15H2,1-2H3,(H,29,30)/b19-11+. The minimum absolute atomic E-state index is 0.101. The first-order valence-corrected chi connectivity index (χ1v) is 10.4. The van der Waals surface area contributed by atoms with E-state index in [1.807, 2.05) is 37.3 Å². The average Bonchev–Trinajstić information content (AvgIpc) is 2.79. The van der Waals surface area contributed by atoms with Crippen molar-refractivity contribution in [3.63, 3.8) is 0 Å². The second-order valence-corrected chi connectivity index (χ2v) is 7.78. The molecule has 5 nitrogen and oxygen atoms in total. The number of hydrogen-bond acceptors (Lipinski definition) is 4. The Morgan fingerprint density at radius 3 is 2.50 bits per heavy atom. The molecule has 0 saturated carbocycles. The summed E-state index contributed by atoms with van der Waals surface area (Å²) in [4.78, 5) is 12.6. The second-order valence-electron chi connectivity index (χ2n) is 6.93. The van der Waals surface area contributed by atoms with Crippen molar-refractivity contribution >= 4 is 40.9 Å². The molecule has 0 fully saturated rings. The molecular weight excluding hydrogens is 447 g/mol. The molecule has 0 spiro atoms. The summed E-state index contributed by atoms with van der Waals surface area (Å²) in [6, 6.07) is 19.8. The fraction of sp³-hybridized carbons (Fsp3) is 0.120. The Balaban J connectivity index is 1.76. The van der Waals surface area contributed by atoms with Gasteiger partial charge in [-0.05, 0) is 54.5 Å². The van der Waals surface area contributed by atoms with Gasteiger partial charge in [0.25, 0.3) is 5.91 Å². The highest BCUT2D eigenvalue weighted by Crippen LogP contribution is 2.30. The fourth-order valence-corrected chi connectivity index (χ4v) is 3.17. The van der Waals surface area contributed by atoms with Gasteiger partial charge in [0.2, 0.25) is 0 Å². The van der Waals surface area contributed by atoms with Crippen LogP contribution in [0.2, 0.25) is 10.0 Å². The molecule has 0 aliphatic rings. The number of aryl methyl sites for hydroxylation is 1. The Kier molecular flexibility index (Phi) is 7.77. The fourth-order valence-electron chi connectivity index (χ4n) is 2.84. The normalized spacial score (nSPS) is 10.9. The predicted octanol–water partition coefficient (Wildman–Crippen LogP) is 6.44. The maximum absolute atomic E-state index is 12.6. The van der Waals surface area contributed by atoms with Crippen molar-refractivity contribution in [2.24, 2.45) is 0 Å². The van der Waals surface area contributed by atoms with E-state index in [4.69, 9.17) is 32.7 Å². The van der Waals surface area contributed by atoms with E-state index in [2.05, 4.69) is 5.32 Å². The number of nitriles is 1. The van der Waals surface area contributed by atoms with E-state index < -0.39 is 5.91 Å². The van der Waals surface area contributed by atoms with E-state index in [1.165, 1.54) is 24.8 Å². The van der Waals surface area contributed by atoms with Gasteiger partial charge in [0, 0.05) is 5.02 Å². The molecule has 162 valence electrons. The summed E-state index contributed by atoms with van der Waals surface area (Å²) in [7, 11) is 1.53. The van der Waals surface area contributed by atoms with E-state index in [0.29, 0.717) is 39.4 Å². The molecule has 3 rings (SSSR count). The predicted molar refractivity (Wildman–Crippen MR) is 127 cm³/mol. The molecule has 3 aromatic rings. The minimum Gasteiger partial charge on any atom is -0.493 e. The van der Waals surface area contributed by atoms with E-state index in [0.717, 1.165) is 5.56 Å². The smallest absolute Gasteiger partial charge is 0.266 e. The summed E-state index contributed by atoms with van der Waals surface area (Å²) in [5.41, 5.74) is 3.04. The summed E-state index contributed by atoms with van der Waals surface area (Å²) < 4.78 is 11.3. The molecule has 1 N–H and O–H groups in total. The van der Waals surface area contributed by atoms with Crippen LogP contribution < -0.4 is 14.8 Å². The van der Waals surface area contributed by atoms with Crippen LogP contribution in [-0.4, -0.2) is 13.0 Å². The number of halogens is 2. The number of hydrogen-bond donors (Lipinski definition) is 1. The van der Waals surface area contributed by atoms with E-state index in [-0.39, 0.29) is 5.57 Å². The van der Waals surface area contributed by atoms with Crippen LogP contribution in [0.5, 0.6) is 11.5 Å². The number of benzene rings is 3. The van der Waals surface area contributed by atoms with Crippen molar-refractivity contribution in [3.8, 4) is 17.6 Å². The van der Waals surface area contributed by atoms with E-state index in [1.54, 1.807) is 30.3 Å². The van der Waals surface area contributed by atoms with Gasteiger partial charge < -0.3 is 14.8 Å². The number of nitrogens with one attached hydrogen (secondary N) is 1. The van der Waals surface area contributed by atoms with Gasteiger partial charge in [0.15, 0.2) is 11.5 Å². The van der Waals surface area contributed by atoms with Gasteiger partial charge >= 0.3 is 0 Å². The van der Waals surface area contributed by atoms with E-state index in [9.17, 15) is 10.1 Å². The third-order valence-corrected chi connectivity index (χ3v) is 5.12. The summed E-state index contributed by atoms with van der Waals surface area (Å²) in [6.07, 6.45) is 1.46. The Labute approximate surface area is 196 Å². The van der Waals surface area contributed by atoms with Gasteiger partial charge in [-0.1, -0.05) is 59.1 Å². The molecule has 7 heteroatoms. The molecule has 0 bridgehead atoms. The summed E-state index contributed by atoms with van der Waals surface area (Å²) in [5, 5.41) is 12.8. The van der Waals surface area contributed by atoms with Gasteiger partial charge in [-0.25, -0.2) is 0 Å². The average molecular weight is 467 g/mol.